The topological polar surface area (TPSA) is 26.3 Å². The number of ketones is 1. The van der Waals surface area contributed by atoms with E-state index in [2.05, 4.69) is 0 Å². The van der Waals surface area contributed by atoms with Gasteiger partial charge in [-0.15, -0.1) is 0 Å². The van der Waals surface area contributed by atoms with Crippen molar-refractivity contribution in [1.29, 1.82) is 0 Å². The fourth-order valence-corrected chi connectivity index (χ4v) is 1.97. The molecule has 0 radical (unpaired) electrons. The summed E-state index contributed by atoms with van der Waals surface area (Å²) in [5.74, 6) is -0.0151. The summed E-state index contributed by atoms with van der Waals surface area (Å²) < 4.78 is 19.2. The average molecular weight is 279 g/mol. The third-order valence-corrected chi connectivity index (χ3v) is 3.02. The number of Topliss-reactive ketones (excluding diaryl/α,β-unsaturated/α-hetero) is 1. The SMILES string of the molecule is CC(=O)c1ccc(Oc2cccc(C)c2F)cc1Cl. The van der Waals surface area contributed by atoms with Crippen molar-refractivity contribution in [3.05, 3.63) is 58.4 Å². The lowest BCUT2D eigenvalue weighted by Crippen LogP contribution is -1.95. The monoisotopic (exact) mass is 278 g/mol. The van der Waals surface area contributed by atoms with Gasteiger partial charge in [0, 0.05) is 11.6 Å². The summed E-state index contributed by atoms with van der Waals surface area (Å²) >= 11 is 5.97. The first kappa shape index (κ1) is 13.6. The zero-order valence-corrected chi connectivity index (χ0v) is 11.3. The molecule has 0 saturated carbocycles. The third kappa shape index (κ3) is 2.93. The van der Waals surface area contributed by atoms with Crippen LogP contribution in [0.3, 0.4) is 0 Å². The summed E-state index contributed by atoms with van der Waals surface area (Å²) in [5, 5.41) is 0.290. The van der Waals surface area contributed by atoms with Crippen LogP contribution < -0.4 is 4.74 Å². The van der Waals surface area contributed by atoms with Crippen LogP contribution in [0, 0.1) is 12.7 Å². The van der Waals surface area contributed by atoms with Gasteiger partial charge in [-0.3, -0.25) is 4.79 Å². The maximum absolute atomic E-state index is 13.8. The summed E-state index contributed by atoms with van der Waals surface area (Å²) in [6, 6.07) is 9.56. The molecule has 2 nitrogen and oxygen atoms in total. The Balaban J connectivity index is 2.32. The predicted molar refractivity (Wildman–Crippen MR) is 72.7 cm³/mol. The van der Waals surface area contributed by atoms with Crippen LogP contribution >= 0.6 is 11.6 Å². The maximum atomic E-state index is 13.8. The molecule has 2 rings (SSSR count). The Morgan fingerprint density at radius 2 is 2.00 bits per heavy atom. The van der Waals surface area contributed by atoms with E-state index in [9.17, 15) is 9.18 Å². The van der Waals surface area contributed by atoms with E-state index in [1.165, 1.54) is 19.1 Å². The van der Waals surface area contributed by atoms with Crippen molar-refractivity contribution in [2.45, 2.75) is 13.8 Å². The van der Waals surface area contributed by atoms with Gasteiger partial charge in [0.1, 0.15) is 5.75 Å². The Hall–Kier alpha value is -1.87. The molecule has 0 fully saturated rings. The van der Waals surface area contributed by atoms with E-state index in [1.807, 2.05) is 0 Å². The smallest absolute Gasteiger partial charge is 0.168 e. The minimum atomic E-state index is -0.408. The van der Waals surface area contributed by atoms with Gasteiger partial charge in [-0.25, -0.2) is 4.39 Å². The molecule has 0 atom stereocenters. The van der Waals surface area contributed by atoms with Crippen LogP contribution in [0.4, 0.5) is 4.39 Å². The number of ether oxygens (including phenoxy) is 1. The fourth-order valence-electron chi connectivity index (χ4n) is 1.67. The Bertz CT molecular complexity index is 638. The van der Waals surface area contributed by atoms with Gasteiger partial charge in [-0.1, -0.05) is 23.7 Å². The van der Waals surface area contributed by atoms with Gasteiger partial charge in [0.25, 0.3) is 0 Å². The zero-order chi connectivity index (χ0) is 14.0. The summed E-state index contributed by atoms with van der Waals surface area (Å²) in [6.07, 6.45) is 0. The van der Waals surface area contributed by atoms with Gasteiger partial charge < -0.3 is 4.74 Å². The molecule has 0 heterocycles. The van der Waals surface area contributed by atoms with Crippen molar-refractivity contribution >= 4 is 17.4 Å². The Kier molecular flexibility index (Phi) is 3.86. The van der Waals surface area contributed by atoms with Gasteiger partial charge in [0.05, 0.1) is 5.02 Å². The van der Waals surface area contributed by atoms with Crippen molar-refractivity contribution in [2.24, 2.45) is 0 Å². The minimum absolute atomic E-state index is 0.127. The first-order chi connectivity index (χ1) is 8.99. The highest BCUT2D eigenvalue weighted by atomic mass is 35.5. The molecule has 0 aromatic heterocycles. The second-order valence-electron chi connectivity index (χ2n) is 4.19. The van der Waals surface area contributed by atoms with Gasteiger partial charge in [0.2, 0.25) is 0 Å². The summed E-state index contributed by atoms with van der Waals surface area (Å²) in [6.45, 7) is 3.09. The molecule has 0 aliphatic carbocycles. The number of aryl methyl sites for hydroxylation is 1. The molecular weight excluding hydrogens is 267 g/mol. The van der Waals surface area contributed by atoms with Crippen molar-refractivity contribution in [2.75, 3.05) is 0 Å². The molecule has 2 aromatic carbocycles. The molecule has 0 saturated heterocycles. The van der Waals surface area contributed by atoms with Crippen LogP contribution in [-0.2, 0) is 0 Å². The number of rotatable bonds is 3. The first-order valence-corrected chi connectivity index (χ1v) is 6.10. The summed E-state index contributed by atoms with van der Waals surface area (Å²) in [7, 11) is 0. The maximum Gasteiger partial charge on any atom is 0.168 e. The van der Waals surface area contributed by atoms with Gasteiger partial charge in [0.15, 0.2) is 17.3 Å². The number of halogens is 2. The standard InChI is InChI=1S/C15H12ClFO2/c1-9-4-3-5-14(15(9)17)19-11-6-7-12(10(2)18)13(16)8-11/h3-8H,1-2H3. The van der Waals surface area contributed by atoms with E-state index in [0.29, 0.717) is 16.9 Å². The van der Waals surface area contributed by atoms with E-state index in [1.54, 1.807) is 31.2 Å². The molecule has 98 valence electrons. The normalized spacial score (nSPS) is 10.3. The van der Waals surface area contributed by atoms with E-state index in [0.717, 1.165) is 0 Å². The molecule has 19 heavy (non-hydrogen) atoms. The Morgan fingerprint density at radius 3 is 2.63 bits per heavy atom. The number of hydrogen-bond donors (Lipinski definition) is 0. The molecule has 0 bridgehead atoms. The van der Waals surface area contributed by atoms with E-state index in [-0.39, 0.29) is 16.6 Å². The van der Waals surface area contributed by atoms with Crippen molar-refractivity contribution in [3.8, 4) is 11.5 Å². The number of hydrogen-bond acceptors (Lipinski definition) is 2. The van der Waals surface area contributed by atoms with Gasteiger partial charge in [-0.2, -0.15) is 0 Å². The van der Waals surface area contributed by atoms with E-state index in [4.69, 9.17) is 16.3 Å². The number of carbonyl (C=O) groups excluding carboxylic acids is 1. The molecule has 0 N–H and O–H groups in total. The van der Waals surface area contributed by atoms with E-state index >= 15 is 0 Å². The van der Waals surface area contributed by atoms with Crippen molar-refractivity contribution < 1.29 is 13.9 Å². The highest BCUT2D eigenvalue weighted by Crippen LogP contribution is 2.29. The van der Waals surface area contributed by atoms with Crippen molar-refractivity contribution in [3.63, 3.8) is 0 Å². The second kappa shape index (κ2) is 5.41. The molecule has 0 aliphatic rings. The molecule has 0 amide bonds. The lowest BCUT2D eigenvalue weighted by Gasteiger charge is -2.09. The summed E-state index contributed by atoms with van der Waals surface area (Å²) in [5.41, 5.74) is 0.919. The summed E-state index contributed by atoms with van der Waals surface area (Å²) in [4.78, 5) is 11.2. The molecular formula is C15H12ClFO2. The molecule has 4 heteroatoms. The predicted octanol–water partition coefficient (Wildman–Crippen LogP) is 4.78. The molecule has 2 aromatic rings. The minimum Gasteiger partial charge on any atom is -0.454 e. The first-order valence-electron chi connectivity index (χ1n) is 5.72. The lowest BCUT2D eigenvalue weighted by atomic mass is 10.1. The highest BCUT2D eigenvalue weighted by Gasteiger charge is 2.10. The second-order valence-corrected chi connectivity index (χ2v) is 4.59. The molecule has 0 aliphatic heterocycles. The lowest BCUT2D eigenvalue weighted by molar-refractivity contribution is 0.101. The van der Waals surface area contributed by atoms with Crippen LogP contribution in [0.2, 0.25) is 5.02 Å². The number of benzene rings is 2. The number of carbonyl (C=O) groups is 1. The zero-order valence-electron chi connectivity index (χ0n) is 10.5. The van der Waals surface area contributed by atoms with Gasteiger partial charge >= 0.3 is 0 Å². The van der Waals surface area contributed by atoms with Gasteiger partial charge in [-0.05, 0) is 37.6 Å². The fraction of sp³-hybridized carbons (Fsp3) is 0.133. The molecule has 0 spiro atoms. The Morgan fingerprint density at radius 1 is 1.26 bits per heavy atom. The highest BCUT2D eigenvalue weighted by molar-refractivity contribution is 6.34. The average Bonchev–Trinajstić information content (AvgIpc) is 2.34. The van der Waals surface area contributed by atoms with Crippen LogP contribution in [0.1, 0.15) is 22.8 Å². The van der Waals surface area contributed by atoms with Crippen LogP contribution in [0.15, 0.2) is 36.4 Å². The quantitative estimate of drug-likeness (QED) is 0.755. The van der Waals surface area contributed by atoms with Crippen LogP contribution in [-0.4, -0.2) is 5.78 Å². The Labute approximate surface area is 115 Å². The largest absolute Gasteiger partial charge is 0.454 e. The van der Waals surface area contributed by atoms with E-state index < -0.39 is 5.82 Å². The van der Waals surface area contributed by atoms with Crippen LogP contribution in [0.5, 0.6) is 11.5 Å². The van der Waals surface area contributed by atoms with Crippen molar-refractivity contribution in [1.82, 2.24) is 0 Å². The third-order valence-electron chi connectivity index (χ3n) is 2.70. The molecule has 0 unspecified atom stereocenters. The van der Waals surface area contributed by atoms with Crippen LogP contribution in [0.25, 0.3) is 0 Å².